The fourth-order valence-corrected chi connectivity index (χ4v) is 1.75. The number of carbonyl (C=O) groups is 2. The van der Waals surface area contributed by atoms with Crippen molar-refractivity contribution in [1.82, 2.24) is 4.98 Å². The predicted molar refractivity (Wildman–Crippen MR) is 73.3 cm³/mol. The van der Waals surface area contributed by atoms with Crippen LogP contribution in [0.3, 0.4) is 0 Å². The van der Waals surface area contributed by atoms with Crippen molar-refractivity contribution in [2.75, 3.05) is 5.32 Å². The van der Waals surface area contributed by atoms with Crippen LogP contribution in [-0.2, 0) is 0 Å². The standard InChI is InChI=1S/C13H9BrN2O3/c14-11-6-5-8(7-15-11)16-12(17)9-3-1-2-4-10(9)13(18)19/h1-7H,(H,16,17)(H,18,19). The van der Waals surface area contributed by atoms with E-state index in [2.05, 4.69) is 26.2 Å². The lowest BCUT2D eigenvalue weighted by atomic mass is 10.1. The number of halogens is 1. The van der Waals surface area contributed by atoms with Crippen molar-refractivity contribution in [2.45, 2.75) is 0 Å². The highest BCUT2D eigenvalue weighted by atomic mass is 79.9. The average Bonchev–Trinajstić information content (AvgIpc) is 2.41. The minimum absolute atomic E-state index is 0.0370. The molecule has 0 fully saturated rings. The molecule has 5 nitrogen and oxygen atoms in total. The molecule has 0 radical (unpaired) electrons. The summed E-state index contributed by atoms with van der Waals surface area (Å²) in [6.45, 7) is 0. The van der Waals surface area contributed by atoms with Crippen LogP contribution >= 0.6 is 15.9 Å². The molecule has 0 saturated carbocycles. The summed E-state index contributed by atoms with van der Waals surface area (Å²) in [5.74, 6) is -1.62. The van der Waals surface area contributed by atoms with Crippen LogP contribution in [-0.4, -0.2) is 22.0 Å². The molecule has 1 aromatic carbocycles. The number of carboxylic acids is 1. The first kappa shape index (κ1) is 13.2. The second kappa shape index (κ2) is 5.62. The van der Waals surface area contributed by atoms with E-state index in [1.54, 1.807) is 24.3 Å². The molecule has 0 aliphatic carbocycles. The van der Waals surface area contributed by atoms with Crippen molar-refractivity contribution in [2.24, 2.45) is 0 Å². The molecule has 0 spiro atoms. The number of benzene rings is 1. The number of amides is 1. The molecular weight excluding hydrogens is 312 g/mol. The van der Waals surface area contributed by atoms with Gasteiger partial charge in [-0.1, -0.05) is 12.1 Å². The Hall–Kier alpha value is -2.21. The molecule has 0 atom stereocenters. The van der Waals surface area contributed by atoms with Crippen LogP contribution in [0.5, 0.6) is 0 Å². The Balaban J connectivity index is 2.25. The van der Waals surface area contributed by atoms with E-state index < -0.39 is 11.9 Å². The molecule has 0 saturated heterocycles. The third-order valence-corrected chi connectivity index (χ3v) is 2.86. The smallest absolute Gasteiger partial charge is 0.336 e. The molecule has 1 heterocycles. The summed E-state index contributed by atoms with van der Waals surface area (Å²) in [5.41, 5.74) is 0.566. The van der Waals surface area contributed by atoms with E-state index in [0.717, 1.165) is 0 Å². The molecule has 0 unspecified atom stereocenters. The van der Waals surface area contributed by atoms with Crippen molar-refractivity contribution in [1.29, 1.82) is 0 Å². The Morgan fingerprint density at radius 1 is 1.11 bits per heavy atom. The van der Waals surface area contributed by atoms with Gasteiger partial charge in [-0.25, -0.2) is 9.78 Å². The number of aromatic carboxylic acids is 1. The van der Waals surface area contributed by atoms with E-state index in [1.807, 2.05) is 0 Å². The number of hydrogen-bond acceptors (Lipinski definition) is 3. The number of pyridine rings is 1. The van der Waals surface area contributed by atoms with E-state index >= 15 is 0 Å². The Morgan fingerprint density at radius 3 is 2.37 bits per heavy atom. The summed E-state index contributed by atoms with van der Waals surface area (Å²) in [5, 5.41) is 11.6. The van der Waals surface area contributed by atoms with E-state index in [0.29, 0.717) is 10.3 Å². The normalized spacial score (nSPS) is 9.95. The maximum atomic E-state index is 12.0. The van der Waals surface area contributed by atoms with Crippen molar-refractivity contribution < 1.29 is 14.7 Å². The van der Waals surface area contributed by atoms with Crippen LogP contribution in [0.2, 0.25) is 0 Å². The van der Waals surface area contributed by atoms with Gasteiger partial charge in [-0.3, -0.25) is 4.79 Å². The van der Waals surface area contributed by atoms with Gasteiger partial charge < -0.3 is 10.4 Å². The second-order valence-electron chi connectivity index (χ2n) is 3.67. The van der Waals surface area contributed by atoms with Gasteiger partial charge in [0.1, 0.15) is 4.60 Å². The van der Waals surface area contributed by atoms with Crippen LogP contribution in [0.25, 0.3) is 0 Å². The molecule has 1 aromatic heterocycles. The molecule has 0 aliphatic rings. The number of carboxylic acid groups (broad SMARTS) is 1. The van der Waals surface area contributed by atoms with Crippen LogP contribution in [0.15, 0.2) is 47.2 Å². The second-order valence-corrected chi connectivity index (χ2v) is 4.49. The summed E-state index contributed by atoms with van der Waals surface area (Å²) < 4.78 is 0.649. The first-order valence-corrected chi connectivity index (χ1v) is 6.12. The SMILES string of the molecule is O=C(O)c1ccccc1C(=O)Nc1ccc(Br)nc1. The Bertz CT molecular complexity index is 626. The number of carbonyl (C=O) groups excluding carboxylic acids is 1. The lowest BCUT2D eigenvalue weighted by molar-refractivity contribution is 0.0692. The topological polar surface area (TPSA) is 79.3 Å². The molecule has 0 aliphatic heterocycles. The number of nitrogens with one attached hydrogen (secondary N) is 1. The van der Waals surface area contributed by atoms with Gasteiger partial charge in [0.25, 0.3) is 5.91 Å². The fraction of sp³-hybridized carbons (Fsp3) is 0. The summed E-state index contributed by atoms with van der Waals surface area (Å²) in [7, 11) is 0. The van der Waals surface area contributed by atoms with Crippen LogP contribution in [0, 0.1) is 0 Å². The quantitative estimate of drug-likeness (QED) is 0.852. The van der Waals surface area contributed by atoms with Crippen LogP contribution in [0.1, 0.15) is 20.7 Å². The molecule has 19 heavy (non-hydrogen) atoms. The van der Waals surface area contributed by atoms with Crippen LogP contribution < -0.4 is 5.32 Å². The predicted octanol–water partition coefficient (Wildman–Crippen LogP) is 2.79. The van der Waals surface area contributed by atoms with Crippen molar-refractivity contribution >= 4 is 33.5 Å². The number of anilines is 1. The van der Waals surface area contributed by atoms with Gasteiger partial charge in [0.2, 0.25) is 0 Å². The van der Waals surface area contributed by atoms with Crippen LogP contribution in [0.4, 0.5) is 5.69 Å². The first-order valence-electron chi connectivity index (χ1n) is 5.33. The fourth-order valence-electron chi connectivity index (χ4n) is 1.52. The molecule has 0 bridgehead atoms. The molecular formula is C13H9BrN2O3. The van der Waals surface area contributed by atoms with Gasteiger partial charge in [-0.15, -0.1) is 0 Å². The van der Waals surface area contributed by atoms with Gasteiger partial charge in [-0.2, -0.15) is 0 Å². The lowest BCUT2D eigenvalue weighted by Gasteiger charge is -2.07. The van der Waals surface area contributed by atoms with Gasteiger partial charge in [0, 0.05) is 0 Å². The minimum Gasteiger partial charge on any atom is -0.478 e. The van der Waals surface area contributed by atoms with Crippen molar-refractivity contribution in [3.05, 3.63) is 58.3 Å². The zero-order chi connectivity index (χ0) is 13.8. The Labute approximate surface area is 117 Å². The number of hydrogen-bond donors (Lipinski definition) is 2. The van der Waals surface area contributed by atoms with Gasteiger partial charge >= 0.3 is 5.97 Å². The first-order chi connectivity index (χ1) is 9.08. The van der Waals surface area contributed by atoms with E-state index in [4.69, 9.17) is 5.11 Å². The Kier molecular flexibility index (Phi) is 3.91. The van der Waals surface area contributed by atoms with E-state index in [9.17, 15) is 9.59 Å². The third kappa shape index (κ3) is 3.17. The van der Waals surface area contributed by atoms with E-state index in [1.165, 1.54) is 18.3 Å². The Morgan fingerprint density at radius 2 is 1.79 bits per heavy atom. The highest BCUT2D eigenvalue weighted by molar-refractivity contribution is 9.10. The highest BCUT2D eigenvalue weighted by Crippen LogP contribution is 2.14. The maximum Gasteiger partial charge on any atom is 0.336 e. The number of rotatable bonds is 3. The molecule has 96 valence electrons. The van der Waals surface area contributed by atoms with Gasteiger partial charge in [0.15, 0.2) is 0 Å². The molecule has 2 N–H and O–H groups in total. The lowest BCUT2D eigenvalue weighted by Crippen LogP contribution is -2.16. The largest absolute Gasteiger partial charge is 0.478 e. The minimum atomic E-state index is -1.14. The van der Waals surface area contributed by atoms with Gasteiger partial charge in [-0.05, 0) is 40.2 Å². The zero-order valence-corrected chi connectivity index (χ0v) is 11.2. The third-order valence-electron chi connectivity index (χ3n) is 2.39. The van der Waals surface area contributed by atoms with Crippen molar-refractivity contribution in [3.8, 4) is 0 Å². The molecule has 1 amide bonds. The van der Waals surface area contributed by atoms with Gasteiger partial charge in [0.05, 0.1) is 23.0 Å². The summed E-state index contributed by atoms with van der Waals surface area (Å²) >= 11 is 3.19. The highest BCUT2D eigenvalue weighted by Gasteiger charge is 2.15. The molecule has 6 heteroatoms. The van der Waals surface area contributed by atoms with Crippen molar-refractivity contribution in [3.63, 3.8) is 0 Å². The molecule has 2 aromatic rings. The van der Waals surface area contributed by atoms with E-state index in [-0.39, 0.29) is 11.1 Å². The monoisotopic (exact) mass is 320 g/mol. The summed E-state index contributed by atoms with van der Waals surface area (Å²) in [6, 6.07) is 9.38. The zero-order valence-electron chi connectivity index (χ0n) is 9.63. The molecule has 2 rings (SSSR count). The maximum absolute atomic E-state index is 12.0. The average molecular weight is 321 g/mol. The number of nitrogens with zero attached hydrogens (tertiary/aromatic N) is 1. The summed E-state index contributed by atoms with van der Waals surface area (Å²) in [4.78, 5) is 27.0. The number of aromatic nitrogens is 1. The summed E-state index contributed by atoms with van der Waals surface area (Å²) in [6.07, 6.45) is 1.48.